The molecule has 4 rings (SSSR count). The van der Waals surface area contributed by atoms with Gasteiger partial charge in [-0.15, -0.1) is 0 Å². The molecule has 4 aliphatic rings. The van der Waals surface area contributed by atoms with Crippen LogP contribution in [0.25, 0.3) is 0 Å². The van der Waals surface area contributed by atoms with Crippen molar-refractivity contribution in [1.82, 2.24) is 0 Å². The zero-order valence-electron chi connectivity index (χ0n) is 13.2. The van der Waals surface area contributed by atoms with Crippen molar-refractivity contribution in [1.29, 1.82) is 0 Å². The van der Waals surface area contributed by atoms with Crippen LogP contribution >= 0.6 is 0 Å². The SMILES string of the molecule is C[C@@]12CCC[C@H]1[C@@H]1[C@H](O)CC3=CCCC[C@]3(C)[C@H]1CC2. The van der Waals surface area contributed by atoms with E-state index in [-0.39, 0.29) is 6.10 Å². The highest BCUT2D eigenvalue weighted by Gasteiger charge is 2.58. The molecule has 20 heavy (non-hydrogen) atoms. The first-order chi connectivity index (χ1) is 9.55. The molecule has 3 fully saturated rings. The maximum atomic E-state index is 10.9. The zero-order chi connectivity index (χ0) is 14.0. The standard InChI is InChI=1S/C19H30O/c1-18-9-5-7-14(18)17-15(8-11-18)19(2)10-4-3-6-13(19)12-16(17)20/h6,14-17,20H,3-5,7-12H2,1-2H3/t14-,15-,16+,17-,18-,19-/m0/s1. The molecule has 0 spiro atoms. The molecule has 0 aliphatic heterocycles. The molecule has 3 saturated carbocycles. The van der Waals surface area contributed by atoms with Crippen LogP contribution in [0.2, 0.25) is 0 Å². The smallest absolute Gasteiger partial charge is 0.0611 e. The summed E-state index contributed by atoms with van der Waals surface area (Å²) in [6, 6.07) is 0. The molecule has 0 aromatic carbocycles. The Hall–Kier alpha value is -0.300. The van der Waals surface area contributed by atoms with E-state index >= 15 is 0 Å². The molecule has 0 heterocycles. The summed E-state index contributed by atoms with van der Waals surface area (Å²) in [5.41, 5.74) is 2.58. The molecule has 0 bridgehead atoms. The number of hydrogen-bond donors (Lipinski definition) is 1. The lowest BCUT2D eigenvalue weighted by atomic mass is 9.47. The van der Waals surface area contributed by atoms with Crippen molar-refractivity contribution in [3.63, 3.8) is 0 Å². The first-order valence-corrected chi connectivity index (χ1v) is 8.92. The first kappa shape index (κ1) is 13.4. The molecule has 0 saturated heterocycles. The van der Waals surface area contributed by atoms with Crippen molar-refractivity contribution in [2.75, 3.05) is 0 Å². The Morgan fingerprint density at radius 2 is 1.90 bits per heavy atom. The monoisotopic (exact) mass is 274 g/mol. The van der Waals surface area contributed by atoms with Crippen LogP contribution in [0.1, 0.15) is 71.6 Å². The average Bonchev–Trinajstić information content (AvgIpc) is 2.81. The van der Waals surface area contributed by atoms with E-state index < -0.39 is 0 Å². The largest absolute Gasteiger partial charge is 0.392 e. The summed E-state index contributed by atoms with van der Waals surface area (Å²) >= 11 is 0. The fraction of sp³-hybridized carbons (Fsp3) is 0.895. The van der Waals surface area contributed by atoms with Crippen molar-refractivity contribution in [2.24, 2.45) is 28.6 Å². The van der Waals surface area contributed by atoms with Gasteiger partial charge in [-0.25, -0.2) is 0 Å². The van der Waals surface area contributed by atoms with Gasteiger partial charge in [0.25, 0.3) is 0 Å². The van der Waals surface area contributed by atoms with E-state index in [1.807, 2.05) is 0 Å². The van der Waals surface area contributed by atoms with Gasteiger partial charge < -0.3 is 5.11 Å². The lowest BCUT2D eigenvalue weighted by molar-refractivity contribution is -0.0996. The van der Waals surface area contributed by atoms with Crippen LogP contribution in [0, 0.1) is 28.6 Å². The van der Waals surface area contributed by atoms with Gasteiger partial charge in [0.15, 0.2) is 0 Å². The average molecular weight is 274 g/mol. The van der Waals surface area contributed by atoms with Gasteiger partial charge in [0, 0.05) is 0 Å². The second-order valence-electron chi connectivity index (χ2n) is 8.69. The van der Waals surface area contributed by atoms with Gasteiger partial charge >= 0.3 is 0 Å². The lowest BCUT2D eigenvalue weighted by Gasteiger charge is -2.59. The number of aliphatic hydroxyl groups is 1. The normalized spacial score (nSPS) is 54.6. The van der Waals surface area contributed by atoms with Crippen molar-refractivity contribution >= 4 is 0 Å². The molecule has 0 aromatic heterocycles. The molecule has 0 unspecified atom stereocenters. The molecular formula is C19H30O. The molecule has 0 aromatic rings. The Kier molecular flexibility index (Phi) is 2.91. The quantitative estimate of drug-likeness (QED) is 0.635. The molecular weight excluding hydrogens is 244 g/mol. The Balaban J connectivity index is 1.73. The van der Waals surface area contributed by atoms with E-state index in [1.54, 1.807) is 5.57 Å². The van der Waals surface area contributed by atoms with Crippen LogP contribution in [-0.4, -0.2) is 11.2 Å². The van der Waals surface area contributed by atoms with Gasteiger partial charge in [0.05, 0.1) is 6.10 Å². The van der Waals surface area contributed by atoms with E-state index in [9.17, 15) is 5.11 Å². The summed E-state index contributed by atoms with van der Waals surface area (Å²) in [6.07, 6.45) is 14.3. The third-order valence-corrected chi connectivity index (χ3v) is 7.83. The first-order valence-electron chi connectivity index (χ1n) is 8.92. The molecule has 1 heteroatoms. The van der Waals surface area contributed by atoms with Gasteiger partial charge in [0.1, 0.15) is 0 Å². The van der Waals surface area contributed by atoms with Crippen LogP contribution in [0.5, 0.6) is 0 Å². The molecule has 0 amide bonds. The zero-order valence-corrected chi connectivity index (χ0v) is 13.2. The predicted octanol–water partition coefficient (Wildman–Crippen LogP) is 4.70. The minimum absolute atomic E-state index is 0.0554. The fourth-order valence-electron chi connectivity index (χ4n) is 6.71. The van der Waals surface area contributed by atoms with Crippen molar-refractivity contribution in [3.8, 4) is 0 Å². The summed E-state index contributed by atoms with van der Waals surface area (Å²) in [6.45, 7) is 5.04. The summed E-state index contributed by atoms with van der Waals surface area (Å²) in [4.78, 5) is 0. The van der Waals surface area contributed by atoms with E-state index in [4.69, 9.17) is 0 Å². The van der Waals surface area contributed by atoms with Crippen molar-refractivity contribution in [3.05, 3.63) is 11.6 Å². The number of allylic oxidation sites excluding steroid dienone is 1. The number of aliphatic hydroxyl groups excluding tert-OH is 1. The minimum Gasteiger partial charge on any atom is -0.392 e. The number of rotatable bonds is 0. The molecule has 4 aliphatic carbocycles. The highest BCUT2D eigenvalue weighted by molar-refractivity contribution is 5.25. The minimum atomic E-state index is -0.0554. The second-order valence-corrected chi connectivity index (χ2v) is 8.69. The van der Waals surface area contributed by atoms with E-state index in [1.165, 1.54) is 51.4 Å². The van der Waals surface area contributed by atoms with Gasteiger partial charge in [-0.2, -0.15) is 0 Å². The Morgan fingerprint density at radius 3 is 2.75 bits per heavy atom. The van der Waals surface area contributed by atoms with Crippen molar-refractivity contribution in [2.45, 2.75) is 77.7 Å². The van der Waals surface area contributed by atoms with E-state index in [2.05, 4.69) is 19.9 Å². The van der Waals surface area contributed by atoms with Crippen LogP contribution in [0.3, 0.4) is 0 Å². The topological polar surface area (TPSA) is 20.2 Å². The Bertz CT molecular complexity index is 439. The van der Waals surface area contributed by atoms with Gasteiger partial charge in [-0.05, 0) is 80.0 Å². The van der Waals surface area contributed by atoms with E-state index in [0.717, 1.165) is 18.3 Å². The van der Waals surface area contributed by atoms with Gasteiger partial charge in [-0.1, -0.05) is 31.9 Å². The summed E-state index contributed by atoms with van der Waals surface area (Å²) < 4.78 is 0. The molecule has 6 atom stereocenters. The Labute approximate surface area is 123 Å². The second kappa shape index (κ2) is 4.35. The highest BCUT2D eigenvalue weighted by atomic mass is 16.3. The van der Waals surface area contributed by atoms with Crippen LogP contribution < -0.4 is 0 Å². The highest BCUT2D eigenvalue weighted by Crippen LogP contribution is 2.65. The maximum absolute atomic E-state index is 10.9. The van der Waals surface area contributed by atoms with Crippen molar-refractivity contribution < 1.29 is 5.11 Å². The summed E-state index contributed by atoms with van der Waals surface area (Å²) in [5, 5.41) is 10.9. The lowest BCUT2D eigenvalue weighted by Crippen LogP contribution is -2.54. The molecule has 0 radical (unpaired) electrons. The summed E-state index contributed by atoms with van der Waals surface area (Å²) in [7, 11) is 0. The van der Waals surface area contributed by atoms with E-state index in [0.29, 0.717) is 16.7 Å². The summed E-state index contributed by atoms with van der Waals surface area (Å²) in [5.74, 6) is 2.15. The number of fused-ring (bicyclic) bond motifs is 5. The molecule has 112 valence electrons. The van der Waals surface area contributed by atoms with Crippen LogP contribution in [0.4, 0.5) is 0 Å². The fourth-order valence-corrected chi connectivity index (χ4v) is 6.71. The molecule has 1 N–H and O–H groups in total. The third-order valence-electron chi connectivity index (χ3n) is 7.83. The van der Waals surface area contributed by atoms with Crippen LogP contribution in [0.15, 0.2) is 11.6 Å². The van der Waals surface area contributed by atoms with Gasteiger partial charge in [0.2, 0.25) is 0 Å². The third kappa shape index (κ3) is 1.65. The predicted molar refractivity (Wildman–Crippen MR) is 82.3 cm³/mol. The van der Waals surface area contributed by atoms with Crippen LogP contribution in [-0.2, 0) is 0 Å². The van der Waals surface area contributed by atoms with Gasteiger partial charge in [-0.3, -0.25) is 0 Å². The maximum Gasteiger partial charge on any atom is 0.0611 e. The Morgan fingerprint density at radius 1 is 1.05 bits per heavy atom. The number of hydrogen-bond acceptors (Lipinski definition) is 1. The molecule has 1 nitrogen and oxygen atoms in total.